The predicted octanol–water partition coefficient (Wildman–Crippen LogP) is 2.04. The van der Waals surface area contributed by atoms with E-state index < -0.39 is 17.8 Å². The second-order valence-electron chi connectivity index (χ2n) is 7.14. The molecule has 0 atom stereocenters. The largest absolute Gasteiger partial charge is 0.464 e. The minimum atomic E-state index is -0.654. The van der Waals surface area contributed by atoms with E-state index in [0.717, 1.165) is 37.2 Å². The van der Waals surface area contributed by atoms with Crippen molar-refractivity contribution in [2.75, 3.05) is 26.2 Å². The van der Waals surface area contributed by atoms with E-state index in [4.69, 9.17) is 9.57 Å². The minimum absolute atomic E-state index is 0.0315. The van der Waals surface area contributed by atoms with Crippen LogP contribution in [0.2, 0.25) is 0 Å². The molecule has 8 heteroatoms. The zero-order chi connectivity index (χ0) is 21.9. The number of hydroxylamine groups is 2. The standard InChI is InChI=1S/C22H30N2O6/c1-3-23(4-2)14-15-29-21(27)7-5-6-17-8-10-18(11-9-17)16-22(28)30-24-19(25)12-13-20(24)26/h8-11H,3-7,12-16H2,1-2H3. The van der Waals surface area contributed by atoms with Gasteiger partial charge < -0.3 is 14.5 Å². The van der Waals surface area contributed by atoms with Crippen LogP contribution in [-0.4, -0.2) is 60.0 Å². The highest BCUT2D eigenvalue weighted by Crippen LogP contribution is 2.14. The van der Waals surface area contributed by atoms with E-state index >= 15 is 0 Å². The van der Waals surface area contributed by atoms with Gasteiger partial charge in [0.1, 0.15) is 6.61 Å². The molecule has 1 aromatic carbocycles. The SMILES string of the molecule is CCN(CC)CCOC(=O)CCCc1ccc(CC(=O)ON2C(=O)CCC2=O)cc1. The summed E-state index contributed by atoms with van der Waals surface area (Å²) >= 11 is 0. The van der Waals surface area contributed by atoms with Crippen molar-refractivity contribution in [3.05, 3.63) is 35.4 Å². The molecule has 0 aromatic heterocycles. The maximum atomic E-state index is 11.9. The summed E-state index contributed by atoms with van der Waals surface area (Å²) in [4.78, 5) is 53.8. The lowest BCUT2D eigenvalue weighted by molar-refractivity contribution is -0.197. The van der Waals surface area contributed by atoms with Crippen LogP contribution >= 0.6 is 0 Å². The van der Waals surface area contributed by atoms with Crippen molar-refractivity contribution < 1.29 is 28.8 Å². The van der Waals surface area contributed by atoms with E-state index in [1.807, 2.05) is 12.1 Å². The number of benzene rings is 1. The average Bonchev–Trinajstić information content (AvgIpc) is 3.04. The van der Waals surface area contributed by atoms with Crippen LogP contribution in [0.3, 0.4) is 0 Å². The fourth-order valence-corrected chi connectivity index (χ4v) is 3.12. The third-order valence-corrected chi connectivity index (χ3v) is 4.98. The number of hydrogen-bond donors (Lipinski definition) is 0. The first-order chi connectivity index (χ1) is 14.4. The molecule has 1 fully saturated rings. The molecule has 2 amide bonds. The van der Waals surface area contributed by atoms with Gasteiger partial charge in [-0.2, -0.15) is 0 Å². The molecule has 1 aliphatic rings. The van der Waals surface area contributed by atoms with E-state index in [2.05, 4.69) is 18.7 Å². The highest BCUT2D eigenvalue weighted by atomic mass is 16.7. The Balaban J connectivity index is 1.66. The van der Waals surface area contributed by atoms with Crippen molar-refractivity contribution in [1.82, 2.24) is 9.96 Å². The predicted molar refractivity (Wildman–Crippen MR) is 109 cm³/mol. The van der Waals surface area contributed by atoms with Crippen LogP contribution < -0.4 is 0 Å². The van der Waals surface area contributed by atoms with Crippen molar-refractivity contribution in [1.29, 1.82) is 0 Å². The summed E-state index contributed by atoms with van der Waals surface area (Å²) in [5, 5.41) is 0.553. The number of amides is 2. The van der Waals surface area contributed by atoms with Crippen LogP contribution in [0.15, 0.2) is 24.3 Å². The lowest BCUT2D eigenvalue weighted by atomic mass is 10.0. The Hall–Kier alpha value is -2.74. The van der Waals surface area contributed by atoms with Crippen LogP contribution in [-0.2, 0) is 41.6 Å². The monoisotopic (exact) mass is 418 g/mol. The first-order valence-corrected chi connectivity index (χ1v) is 10.4. The number of carbonyl (C=O) groups excluding carboxylic acids is 4. The fraction of sp³-hybridized carbons (Fsp3) is 0.545. The normalized spacial score (nSPS) is 13.8. The molecule has 0 saturated carbocycles. The highest BCUT2D eigenvalue weighted by Gasteiger charge is 2.32. The molecule has 0 spiro atoms. The number of carbonyl (C=O) groups is 4. The molecule has 1 heterocycles. The highest BCUT2D eigenvalue weighted by molar-refractivity contribution is 6.01. The van der Waals surface area contributed by atoms with Crippen molar-refractivity contribution in [2.45, 2.75) is 52.4 Å². The lowest BCUT2D eigenvalue weighted by Crippen LogP contribution is -2.32. The minimum Gasteiger partial charge on any atom is -0.464 e. The molecule has 1 aliphatic heterocycles. The summed E-state index contributed by atoms with van der Waals surface area (Å²) in [5.41, 5.74) is 1.77. The summed E-state index contributed by atoms with van der Waals surface area (Å²) in [5.74, 6) is -1.82. The van der Waals surface area contributed by atoms with Gasteiger partial charge in [0.15, 0.2) is 0 Å². The summed E-state index contributed by atoms with van der Waals surface area (Å²) in [6.45, 7) is 7.21. The number of hydrogen-bond acceptors (Lipinski definition) is 7. The van der Waals surface area contributed by atoms with Crippen molar-refractivity contribution in [3.63, 3.8) is 0 Å². The van der Waals surface area contributed by atoms with Crippen LogP contribution in [0.5, 0.6) is 0 Å². The quantitative estimate of drug-likeness (QED) is 0.379. The fourth-order valence-electron chi connectivity index (χ4n) is 3.12. The van der Waals surface area contributed by atoms with Crippen LogP contribution in [0.25, 0.3) is 0 Å². The zero-order valence-electron chi connectivity index (χ0n) is 17.7. The van der Waals surface area contributed by atoms with Crippen molar-refractivity contribution in [3.8, 4) is 0 Å². The Bertz CT molecular complexity index is 726. The van der Waals surface area contributed by atoms with Gasteiger partial charge in [0.25, 0.3) is 11.8 Å². The summed E-state index contributed by atoms with van der Waals surface area (Å²) in [6.07, 6.45) is 1.90. The second kappa shape index (κ2) is 12.1. The van der Waals surface area contributed by atoms with Crippen LogP contribution in [0, 0.1) is 0 Å². The smallest absolute Gasteiger partial charge is 0.337 e. The number of rotatable bonds is 12. The molecule has 0 aliphatic carbocycles. The lowest BCUT2D eigenvalue weighted by Gasteiger charge is -2.17. The number of imide groups is 1. The molecule has 1 aromatic rings. The molecule has 0 bridgehead atoms. The number of likely N-dealkylation sites (N-methyl/N-ethyl adjacent to an activating group) is 1. The third-order valence-electron chi connectivity index (χ3n) is 4.98. The van der Waals surface area contributed by atoms with Crippen molar-refractivity contribution >= 4 is 23.8 Å². The maximum Gasteiger partial charge on any atom is 0.337 e. The van der Waals surface area contributed by atoms with Gasteiger partial charge in [0.05, 0.1) is 6.42 Å². The van der Waals surface area contributed by atoms with Gasteiger partial charge in [-0.1, -0.05) is 38.1 Å². The van der Waals surface area contributed by atoms with E-state index in [1.54, 1.807) is 12.1 Å². The molecule has 30 heavy (non-hydrogen) atoms. The van der Waals surface area contributed by atoms with Gasteiger partial charge in [-0.05, 0) is 37.1 Å². The number of ether oxygens (including phenoxy) is 1. The van der Waals surface area contributed by atoms with Gasteiger partial charge in [0, 0.05) is 25.8 Å². The summed E-state index contributed by atoms with van der Waals surface area (Å²) in [6, 6.07) is 7.38. The Morgan fingerprint density at radius 1 is 0.967 bits per heavy atom. The molecule has 8 nitrogen and oxygen atoms in total. The van der Waals surface area contributed by atoms with E-state index in [1.165, 1.54) is 0 Å². The zero-order valence-corrected chi connectivity index (χ0v) is 17.7. The Kier molecular flexibility index (Phi) is 9.47. The summed E-state index contributed by atoms with van der Waals surface area (Å²) < 4.78 is 5.26. The summed E-state index contributed by atoms with van der Waals surface area (Å²) in [7, 11) is 0. The molecular formula is C22H30N2O6. The van der Waals surface area contributed by atoms with Gasteiger partial charge in [-0.25, -0.2) is 4.79 Å². The van der Waals surface area contributed by atoms with Gasteiger partial charge >= 0.3 is 11.9 Å². The average molecular weight is 418 g/mol. The Morgan fingerprint density at radius 3 is 2.17 bits per heavy atom. The van der Waals surface area contributed by atoms with Crippen molar-refractivity contribution in [2.24, 2.45) is 0 Å². The maximum absolute atomic E-state index is 11.9. The molecular weight excluding hydrogens is 388 g/mol. The van der Waals surface area contributed by atoms with E-state index in [9.17, 15) is 19.2 Å². The van der Waals surface area contributed by atoms with E-state index in [0.29, 0.717) is 24.5 Å². The second-order valence-corrected chi connectivity index (χ2v) is 7.14. The number of aryl methyl sites for hydroxylation is 1. The number of nitrogens with zero attached hydrogens (tertiary/aromatic N) is 2. The topological polar surface area (TPSA) is 93.2 Å². The Labute approximate surface area is 177 Å². The molecule has 164 valence electrons. The molecule has 2 rings (SSSR count). The van der Waals surface area contributed by atoms with E-state index in [-0.39, 0.29) is 25.2 Å². The van der Waals surface area contributed by atoms with Gasteiger partial charge in [0.2, 0.25) is 0 Å². The first-order valence-electron chi connectivity index (χ1n) is 10.4. The third kappa shape index (κ3) is 7.59. The number of esters is 1. The molecule has 1 saturated heterocycles. The van der Waals surface area contributed by atoms with Gasteiger partial charge in [-0.3, -0.25) is 14.4 Å². The van der Waals surface area contributed by atoms with Gasteiger partial charge in [-0.15, -0.1) is 5.06 Å². The Morgan fingerprint density at radius 2 is 1.57 bits per heavy atom. The van der Waals surface area contributed by atoms with Crippen LogP contribution in [0.1, 0.15) is 50.7 Å². The molecule has 0 unspecified atom stereocenters. The molecule has 0 radical (unpaired) electrons. The molecule has 0 N–H and O–H groups in total. The first kappa shape index (κ1) is 23.5. The van der Waals surface area contributed by atoms with Crippen LogP contribution in [0.4, 0.5) is 0 Å².